The molecular weight excluding hydrogens is 258 g/mol. The van der Waals surface area contributed by atoms with Crippen LogP contribution in [0.2, 0.25) is 5.02 Å². The number of benzene rings is 1. The SMILES string of the molecule is CN=Cc1c(N)c(F)cc(Br)c1Cl. The summed E-state index contributed by atoms with van der Waals surface area (Å²) in [4.78, 5) is 3.73. The number of anilines is 1. The van der Waals surface area contributed by atoms with Crippen molar-refractivity contribution in [3.8, 4) is 0 Å². The van der Waals surface area contributed by atoms with E-state index in [4.69, 9.17) is 17.3 Å². The highest BCUT2D eigenvalue weighted by Gasteiger charge is 2.11. The first kappa shape index (κ1) is 10.5. The van der Waals surface area contributed by atoms with Crippen LogP contribution in [0, 0.1) is 5.82 Å². The number of nitrogens with two attached hydrogens (primary N) is 1. The van der Waals surface area contributed by atoms with E-state index >= 15 is 0 Å². The molecule has 1 aromatic rings. The van der Waals surface area contributed by atoms with Gasteiger partial charge in [-0.2, -0.15) is 0 Å². The first-order chi connectivity index (χ1) is 6.07. The van der Waals surface area contributed by atoms with Crippen molar-refractivity contribution >= 4 is 39.4 Å². The van der Waals surface area contributed by atoms with Crippen molar-refractivity contribution in [3.05, 3.63) is 26.9 Å². The Labute approximate surface area is 88.7 Å². The summed E-state index contributed by atoms with van der Waals surface area (Å²) in [5.74, 6) is -0.508. The lowest BCUT2D eigenvalue weighted by molar-refractivity contribution is 0.631. The first-order valence-corrected chi connectivity index (χ1v) is 4.60. The maximum Gasteiger partial charge on any atom is 0.147 e. The maximum atomic E-state index is 13.1. The van der Waals surface area contributed by atoms with Crippen molar-refractivity contribution in [3.63, 3.8) is 0 Å². The molecule has 0 bridgehead atoms. The zero-order valence-corrected chi connectivity index (χ0v) is 9.16. The summed E-state index contributed by atoms with van der Waals surface area (Å²) in [7, 11) is 1.56. The fraction of sp³-hybridized carbons (Fsp3) is 0.125. The summed E-state index contributed by atoms with van der Waals surface area (Å²) >= 11 is 8.98. The second-order valence-electron chi connectivity index (χ2n) is 2.37. The van der Waals surface area contributed by atoms with Gasteiger partial charge in [-0.25, -0.2) is 4.39 Å². The highest BCUT2D eigenvalue weighted by molar-refractivity contribution is 9.10. The van der Waals surface area contributed by atoms with Crippen molar-refractivity contribution in [1.29, 1.82) is 0 Å². The number of nitrogens with zero attached hydrogens (tertiary/aromatic N) is 1. The van der Waals surface area contributed by atoms with E-state index in [1.807, 2.05) is 0 Å². The van der Waals surface area contributed by atoms with Gasteiger partial charge in [-0.3, -0.25) is 4.99 Å². The van der Waals surface area contributed by atoms with Crippen LogP contribution in [0.1, 0.15) is 5.56 Å². The third-order valence-electron chi connectivity index (χ3n) is 1.51. The highest BCUT2D eigenvalue weighted by Crippen LogP contribution is 2.31. The predicted octanol–water partition coefficient (Wildman–Crippen LogP) is 2.87. The molecule has 13 heavy (non-hydrogen) atoms. The molecule has 0 aliphatic heterocycles. The Morgan fingerprint density at radius 3 is 2.85 bits per heavy atom. The van der Waals surface area contributed by atoms with E-state index in [0.717, 1.165) is 0 Å². The molecule has 2 N–H and O–H groups in total. The smallest absolute Gasteiger partial charge is 0.147 e. The van der Waals surface area contributed by atoms with Crippen molar-refractivity contribution in [1.82, 2.24) is 0 Å². The summed E-state index contributed by atoms with van der Waals surface area (Å²) in [5.41, 5.74) is 5.88. The molecule has 5 heteroatoms. The summed E-state index contributed by atoms with van der Waals surface area (Å²) < 4.78 is 13.5. The second-order valence-corrected chi connectivity index (χ2v) is 3.60. The van der Waals surface area contributed by atoms with E-state index < -0.39 is 5.82 Å². The fourth-order valence-corrected chi connectivity index (χ4v) is 1.50. The largest absolute Gasteiger partial charge is 0.396 e. The van der Waals surface area contributed by atoms with Crippen LogP contribution in [0.4, 0.5) is 10.1 Å². The van der Waals surface area contributed by atoms with Gasteiger partial charge in [0.1, 0.15) is 5.82 Å². The highest BCUT2D eigenvalue weighted by atomic mass is 79.9. The summed E-state index contributed by atoms with van der Waals surface area (Å²) in [5, 5.41) is 0.365. The molecule has 0 spiro atoms. The Bertz CT molecular complexity index is 339. The number of hydrogen-bond acceptors (Lipinski definition) is 2. The molecule has 0 aliphatic carbocycles. The van der Waals surface area contributed by atoms with E-state index in [1.54, 1.807) is 7.05 Å². The molecule has 1 rings (SSSR count). The van der Waals surface area contributed by atoms with Crippen LogP contribution in [0.15, 0.2) is 15.5 Å². The van der Waals surface area contributed by atoms with Gasteiger partial charge < -0.3 is 5.73 Å². The van der Waals surface area contributed by atoms with E-state index in [1.165, 1.54) is 12.3 Å². The van der Waals surface area contributed by atoms with Crippen LogP contribution >= 0.6 is 27.5 Å². The standard InChI is InChI=1S/C8H7BrClFN2/c1-13-3-4-7(10)5(9)2-6(11)8(4)12/h2-3H,12H2,1H3. The van der Waals surface area contributed by atoms with Crippen molar-refractivity contribution in [2.75, 3.05) is 12.8 Å². The molecule has 0 fully saturated rings. The quantitative estimate of drug-likeness (QED) is 0.473. The molecule has 0 saturated carbocycles. The van der Waals surface area contributed by atoms with Crippen LogP contribution in [-0.4, -0.2) is 13.3 Å². The lowest BCUT2D eigenvalue weighted by Crippen LogP contribution is -1.99. The van der Waals surface area contributed by atoms with Gasteiger partial charge in [-0.05, 0) is 22.0 Å². The maximum absolute atomic E-state index is 13.1. The van der Waals surface area contributed by atoms with E-state index in [0.29, 0.717) is 15.1 Å². The van der Waals surface area contributed by atoms with Gasteiger partial charge in [-0.1, -0.05) is 11.6 Å². The van der Waals surface area contributed by atoms with Gasteiger partial charge in [0, 0.05) is 23.3 Å². The normalized spacial score (nSPS) is 11.1. The number of hydrogen-bond donors (Lipinski definition) is 1. The van der Waals surface area contributed by atoms with Crippen LogP contribution in [0.25, 0.3) is 0 Å². The van der Waals surface area contributed by atoms with Gasteiger partial charge in [0.2, 0.25) is 0 Å². The van der Waals surface area contributed by atoms with Gasteiger partial charge in [-0.15, -0.1) is 0 Å². The molecule has 0 amide bonds. The van der Waals surface area contributed by atoms with Gasteiger partial charge >= 0.3 is 0 Å². The van der Waals surface area contributed by atoms with Gasteiger partial charge in [0.05, 0.1) is 10.7 Å². The molecule has 0 radical (unpaired) electrons. The van der Waals surface area contributed by atoms with E-state index in [2.05, 4.69) is 20.9 Å². The Hall–Kier alpha value is -0.610. The fourth-order valence-electron chi connectivity index (χ4n) is 0.883. The minimum atomic E-state index is -0.508. The lowest BCUT2D eigenvalue weighted by Gasteiger charge is -2.05. The Morgan fingerprint density at radius 1 is 1.69 bits per heavy atom. The molecule has 0 saturated heterocycles. The third-order valence-corrected chi connectivity index (χ3v) is 2.77. The van der Waals surface area contributed by atoms with Crippen LogP contribution in [0.3, 0.4) is 0 Å². The molecule has 0 aromatic heterocycles. The number of rotatable bonds is 1. The Morgan fingerprint density at radius 2 is 2.31 bits per heavy atom. The molecule has 70 valence electrons. The molecule has 1 aromatic carbocycles. The zero-order valence-electron chi connectivity index (χ0n) is 6.81. The molecular formula is C8H7BrClFN2. The van der Waals surface area contributed by atoms with Crippen LogP contribution < -0.4 is 5.73 Å². The average molecular weight is 266 g/mol. The molecule has 2 nitrogen and oxygen atoms in total. The average Bonchev–Trinajstić information content (AvgIpc) is 2.09. The minimum absolute atomic E-state index is 0.0128. The Kier molecular flexibility index (Phi) is 3.27. The zero-order chi connectivity index (χ0) is 10.0. The van der Waals surface area contributed by atoms with Crippen molar-refractivity contribution in [2.24, 2.45) is 4.99 Å². The van der Waals surface area contributed by atoms with Crippen LogP contribution in [-0.2, 0) is 0 Å². The Balaban J connectivity index is 3.46. The molecule has 0 unspecified atom stereocenters. The molecule has 0 aliphatic rings. The molecule has 0 atom stereocenters. The van der Waals surface area contributed by atoms with Gasteiger partial charge in [0.25, 0.3) is 0 Å². The number of halogens is 3. The minimum Gasteiger partial charge on any atom is -0.396 e. The summed E-state index contributed by atoms with van der Waals surface area (Å²) in [6.45, 7) is 0. The number of nitrogen functional groups attached to an aromatic ring is 1. The van der Waals surface area contributed by atoms with E-state index in [-0.39, 0.29) is 5.69 Å². The summed E-state index contributed by atoms with van der Waals surface area (Å²) in [6.07, 6.45) is 1.42. The topological polar surface area (TPSA) is 38.4 Å². The first-order valence-electron chi connectivity index (χ1n) is 3.43. The predicted molar refractivity (Wildman–Crippen MR) is 57.0 cm³/mol. The summed E-state index contributed by atoms with van der Waals surface area (Å²) in [6, 6.07) is 1.23. The van der Waals surface area contributed by atoms with E-state index in [9.17, 15) is 4.39 Å². The third kappa shape index (κ3) is 2.00. The van der Waals surface area contributed by atoms with Crippen LogP contribution in [0.5, 0.6) is 0 Å². The van der Waals surface area contributed by atoms with Crippen molar-refractivity contribution in [2.45, 2.75) is 0 Å². The number of aliphatic imine (C=N–C) groups is 1. The second kappa shape index (κ2) is 4.07. The molecule has 0 heterocycles. The lowest BCUT2D eigenvalue weighted by atomic mass is 10.2. The van der Waals surface area contributed by atoms with Gasteiger partial charge in [0.15, 0.2) is 0 Å². The monoisotopic (exact) mass is 264 g/mol. The van der Waals surface area contributed by atoms with Crippen molar-refractivity contribution < 1.29 is 4.39 Å².